The van der Waals surface area contributed by atoms with Gasteiger partial charge in [-0.25, -0.2) is 0 Å². The van der Waals surface area contributed by atoms with Crippen LogP contribution in [0.15, 0.2) is 48.8 Å². The zero-order chi connectivity index (χ0) is 16.5. The van der Waals surface area contributed by atoms with Crippen molar-refractivity contribution in [1.29, 1.82) is 0 Å². The van der Waals surface area contributed by atoms with Crippen molar-refractivity contribution < 1.29 is 14.3 Å². The minimum Gasteiger partial charge on any atom is -0.384 e. The number of aromatic nitrogens is 1. The van der Waals surface area contributed by atoms with Crippen molar-refractivity contribution in [2.24, 2.45) is 0 Å². The van der Waals surface area contributed by atoms with Crippen LogP contribution >= 0.6 is 0 Å². The molecule has 0 saturated carbocycles. The Morgan fingerprint density at radius 2 is 1.96 bits per heavy atom. The summed E-state index contributed by atoms with van der Waals surface area (Å²) in [7, 11) is 1.56. The van der Waals surface area contributed by atoms with E-state index < -0.39 is 0 Å². The van der Waals surface area contributed by atoms with Gasteiger partial charge in [-0.2, -0.15) is 0 Å². The van der Waals surface area contributed by atoms with E-state index in [1.807, 2.05) is 12.1 Å². The monoisotopic (exact) mass is 313 g/mol. The van der Waals surface area contributed by atoms with Crippen LogP contribution in [-0.4, -0.2) is 30.5 Å². The largest absolute Gasteiger partial charge is 0.384 e. The quantitative estimate of drug-likeness (QED) is 0.819. The molecule has 0 fully saturated rings. The summed E-state index contributed by atoms with van der Waals surface area (Å²) in [5, 5.41) is 5.60. The number of rotatable bonds is 7. The van der Waals surface area contributed by atoms with E-state index in [9.17, 15) is 9.59 Å². The highest BCUT2D eigenvalue weighted by molar-refractivity contribution is 5.93. The molecule has 23 heavy (non-hydrogen) atoms. The van der Waals surface area contributed by atoms with Crippen LogP contribution in [0.1, 0.15) is 22.3 Å². The average molecular weight is 313 g/mol. The van der Waals surface area contributed by atoms with Gasteiger partial charge in [0, 0.05) is 31.7 Å². The standard InChI is InChI=1S/C17H19N3O3/c1-23-10-8-16(21)20-15-6-4-13(5-7-15)11-19-17(22)14-3-2-9-18-12-14/h2-7,9,12H,8,10-11H2,1H3,(H,19,22)(H,20,21). The highest BCUT2D eigenvalue weighted by atomic mass is 16.5. The number of ether oxygens (including phenoxy) is 1. The van der Waals surface area contributed by atoms with E-state index in [4.69, 9.17) is 4.74 Å². The summed E-state index contributed by atoms with van der Waals surface area (Å²) >= 11 is 0. The number of nitrogens with zero attached hydrogens (tertiary/aromatic N) is 1. The van der Waals surface area contributed by atoms with E-state index in [1.165, 1.54) is 6.20 Å². The number of amides is 2. The number of benzene rings is 1. The van der Waals surface area contributed by atoms with Crippen molar-refractivity contribution in [2.45, 2.75) is 13.0 Å². The van der Waals surface area contributed by atoms with Crippen LogP contribution in [0, 0.1) is 0 Å². The maximum Gasteiger partial charge on any atom is 0.253 e. The molecule has 2 amide bonds. The molecular formula is C17H19N3O3. The number of carbonyl (C=O) groups excluding carboxylic acids is 2. The Kier molecular flexibility index (Phi) is 6.26. The van der Waals surface area contributed by atoms with Gasteiger partial charge in [-0.3, -0.25) is 14.6 Å². The minimum atomic E-state index is -0.171. The van der Waals surface area contributed by atoms with E-state index in [-0.39, 0.29) is 11.8 Å². The fourth-order valence-electron chi connectivity index (χ4n) is 1.91. The normalized spacial score (nSPS) is 10.1. The van der Waals surface area contributed by atoms with E-state index in [0.29, 0.717) is 30.8 Å². The lowest BCUT2D eigenvalue weighted by Gasteiger charge is -2.08. The van der Waals surface area contributed by atoms with Gasteiger partial charge in [-0.05, 0) is 29.8 Å². The molecule has 1 aromatic carbocycles. The summed E-state index contributed by atoms with van der Waals surface area (Å²) in [5.74, 6) is -0.264. The molecule has 0 unspecified atom stereocenters. The molecule has 0 aliphatic heterocycles. The van der Waals surface area contributed by atoms with Gasteiger partial charge in [0.05, 0.1) is 18.6 Å². The second kappa shape index (κ2) is 8.65. The van der Waals surface area contributed by atoms with Crippen LogP contribution < -0.4 is 10.6 Å². The molecule has 6 heteroatoms. The maximum atomic E-state index is 11.9. The topological polar surface area (TPSA) is 80.3 Å². The number of hydrogen-bond acceptors (Lipinski definition) is 4. The van der Waals surface area contributed by atoms with Gasteiger partial charge in [0.25, 0.3) is 5.91 Å². The van der Waals surface area contributed by atoms with Gasteiger partial charge in [0.2, 0.25) is 5.91 Å². The van der Waals surface area contributed by atoms with Crippen LogP contribution in [0.2, 0.25) is 0 Å². The van der Waals surface area contributed by atoms with Gasteiger partial charge >= 0.3 is 0 Å². The Hall–Kier alpha value is -2.73. The molecule has 1 heterocycles. The summed E-state index contributed by atoms with van der Waals surface area (Å²) < 4.78 is 4.85. The van der Waals surface area contributed by atoms with Crippen molar-refractivity contribution in [1.82, 2.24) is 10.3 Å². The fraction of sp³-hybridized carbons (Fsp3) is 0.235. The molecule has 6 nitrogen and oxygen atoms in total. The summed E-state index contributed by atoms with van der Waals surface area (Å²) in [4.78, 5) is 27.4. The molecule has 120 valence electrons. The van der Waals surface area contributed by atoms with Crippen molar-refractivity contribution in [3.8, 4) is 0 Å². The van der Waals surface area contributed by atoms with Crippen molar-refractivity contribution in [3.63, 3.8) is 0 Å². The highest BCUT2D eigenvalue weighted by Crippen LogP contribution is 2.10. The predicted octanol–water partition coefficient (Wildman–Crippen LogP) is 1.99. The summed E-state index contributed by atoms with van der Waals surface area (Å²) in [5.41, 5.74) is 2.18. The third-order valence-electron chi connectivity index (χ3n) is 3.15. The summed E-state index contributed by atoms with van der Waals surface area (Å²) in [6.45, 7) is 0.802. The predicted molar refractivity (Wildman–Crippen MR) is 87.0 cm³/mol. The Balaban J connectivity index is 1.83. The van der Waals surface area contributed by atoms with Gasteiger partial charge in [-0.1, -0.05) is 12.1 Å². The van der Waals surface area contributed by atoms with Crippen molar-refractivity contribution in [2.75, 3.05) is 19.0 Å². The Labute approximate surface area is 134 Å². The van der Waals surface area contributed by atoms with Crippen LogP contribution in [-0.2, 0) is 16.1 Å². The molecule has 2 aromatic rings. The Bertz CT molecular complexity index is 642. The van der Waals surface area contributed by atoms with Gasteiger partial charge in [0.1, 0.15) is 0 Å². The van der Waals surface area contributed by atoms with Crippen LogP contribution in [0.25, 0.3) is 0 Å². The number of nitrogens with one attached hydrogen (secondary N) is 2. The lowest BCUT2D eigenvalue weighted by Crippen LogP contribution is -2.22. The number of carbonyl (C=O) groups is 2. The van der Waals surface area contributed by atoms with Crippen LogP contribution in [0.3, 0.4) is 0 Å². The molecule has 2 N–H and O–H groups in total. The maximum absolute atomic E-state index is 11.9. The fourth-order valence-corrected chi connectivity index (χ4v) is 1.91. The molecule has 1 aromatic heterocycles. The average Bonchev–Trinajstić information content (AvgIpc) is 2.60. The van der Waals surface area contributed by atoms with Gasteiger partial charge in [-0.15, -0.1) is 0 Å². The first-order valence-corrected chi connectivity index (χ1v) is 7.25. The molecule has 0 saturated heterocycles. The first kappa shape index (κ1) is 16.6. The van der Waals surface area contributed by atoms with Gasteiger partial charge < -0.3 is 15.4 Å². The zero-order valence-electron chi connectivity index (χ0n) is 12.9. The van der Waals surface area contributed by atoms with E-state index in [0.717, 1.165) is 5.56 Å². The molecule has 2 rings (SSSR count). The highest BCUT2D eigenvalue weighted by Gasteiger charge is 2.05. The minimum absolute atomic E-state index is 0.0931. The van der Waals surface area contributed by atoms with Gasteiger partial charge in [0.15, 0.2) is 0 Å². The third-order valence-corrected chi connectivity index (χ3v) is 3.15. The Morgan fingerprint density at radius 1 is 1.17 bits per heavy atom. The van der Waals surface area contributed by atoms with Crippen LogP contribution in [0.5, 0.6) is 0 Å². The van der Waals surface area contributed by atoms with E-state index >= 15 is 0 Å². The number of hydrogen-bond donors (Lipinski definition) is 2. The SMILES string of the molecule is COCCC(=O)Nc1ccc(CNC(=O)c2cccnc2)cc1. The zero-order valence-corrected chi connectivity index (χ0v) is 12.9. The summed E-state index contributed by atoms with van der Waals surface area (Å²) in [6, 6.07) is 10.7. The number of pyridine rings is 1. The second-order valence-corrected chi connectivity index (χ2v) is 4.91. The van der Waals surface area contributed by atoms with Crippen molar-refractivity contribution >= 4 is 17.5 Å². The first-order valence-electron chi connectivity index (χ1n) is 7.25. The summed E-state index contributed by atoms with van der Waals surface area (Å²) in [6.07, 6.45) is 3.46. The first-order chi connectivity index (χ1) is 11.2. The Morgan fingerprint density at radius 3 is 2.61 bits per heavy atom. The number of anilines is 1. The molecule has 0 aliphatic rings. The lowest BCUT2D eigenvalue weighted by atomic mass is 10.2. The van der Waals surface area contributed by atoms with Crippen LogP contribution in [0.4, 0.5) is 5.69 Å². The van der Waals surface area contributed by atoms with Crippen molar-refractivity contribution in [3.05, 3.63) is 59.9 Å². The molecule has 0 radical (unpaired) electrons. The number of methoxy groups -OCH3 is 1. The lowest BCUT2D eigenvalue weighted by molar-refractivity contribution is -0.117. The second-order valence-electron chi connectivity index (χ2n) is 4.91. The molecular weight excluding hydrogens is 294 g/mol. The molecule has 0 bridgehead atoms. The molecule has 0 atom stereocenters. The third kappa shape index (κ3) is 5.52. The molecule has 0 spiro atoms. The van der Waals surface area contributed by atoms with E-state index in [1.54, 1.807) is 37.6 Å². The molecule has 0 aliphatic carbocycles. The van der Waals surface area contributed by atoms with E-state index in [2.05, 4.69) is 15.6 Å². The smallest absolute Gasteiger partial charge is 0.253 e.